The van der Waals surface area contributed by atoms with Crippen LogP contribution in [0, 0.1) is 10.1 Å². The summed E-state index contributed by atoms with van der Waals surface area (Å²) in [7, 11) is 0. The van der Waals surface area contributed by atoms with E-state index in [0.29, 0.717) is 17.1 Å². The molecule has 2 aromatic rings. The molecule has 0 heterocycles. The highest BCUT2D eigenvalue weighted by molar-refractivity contribution is 6.00. The molecule has 7 heteroatoms. The topological polar surface area (TPSA) is 96.6 Å². The summed E-state index contributed by atoms with van der Waals surface area (Å²) in [5.41, 5.74) is 5.07. The van der Waals surface area contributed by atoms with Crippen molar-refractivity contribution >= 4 is 28.7 Å². The zero-order chi connectivity index (χ0) is 16.8. The summed E-state index contributed by atoms with van der Waals surface area (Å²) in [4.78, 5) is 21.6. The number of carbonyl (C=O) groups is 1. The van der Waals surface area contributed by atoms with Crippen LogP contribution in [0.4, 0.5) is 17.1 Å². The van der Waals surface area contributed by atoms with Crippen LogP contribution in [0.15, 0.2) is 53.6 Å². The number of nitrogens with one attached hydrogen (secondary N) is 2. The molecule has 0 bridgehead atoms. The quantitative estimate of drug-likeness (QED) is 0.502. The van der Waals surface area contributed by atoms with Gasteiger partial charge in [0.05, 0.1) is 10.6 Å². The van der Waals surface area contributed by atoms with Crippen LogP contribution in [0.5, 0.6) is 0 Å². The van der Waals surface area contributed by atoms with Crippen LogP contribution in [0.25, 0.3) is 0 Å². The average molecular weight is 312 g/mol. The number of rotatable bonds is 5. The Morgan fingerprint density at radius 1 is 1.13 bits per heavy atom. The summed E-state index contributed by atoms with van der Waals surface area (Å²) in [6, 6.07) is 13.5. The Morgan fingerprint density at radius 2 is 1.87 bits per heavy atom. The first-order chi connectivity index (χ1) is 11.0. The van der Waals surface area contributed by atoms with Crippen LogP contribution in [0.3, 0.4) is 0 Å². The Labute approximate surface area is 133 Å². The number of nitrogens with zero attached hydrogens (tertiary/aromatic N) is 2. The Kier molecular flexibility index (Phi) is 5.03. The minimum Gasteiger partial charge on any atom is -0.326 e. The van der Waals surface area contributed by atoms with Crippen LogP contribution in [0.2, 0.25) is 0 Å². The SMILES string of the molecule is CC(=O)Nc1cccc(/C(C)=N\Nc2ccccc2[N+](=O)[O-])c1. The van der Waals surface area contributed by atoms with E-state index in [9.17, 15) is 14.9 Å². The van der Waals surface area contributed by atoms with Gasteiger partial charge in [0.2, 0.25) is 5.91 Å². The number of hydrogen-bond donors (Lipinski definition) is 2. The zero-order valence-electron chi connectivity index (χ0n) is 12.7. The molecule has 7 nitrogen and oxygen atoms in total. The molecule has 0 unspecified atom stereocenters. The largest absolute Gasteiger partial charge is 0.326 e. The number of anilines is 2. The summed E-state index contributed by atoms with van der Waals surface area (Å²) in [6.07, 6.45) is 0. The molecule has 2 rings (SSSR count). The summed E-state index contributed by atoms with van der Waals surface area (Å²) in [5.74, 6) is -0.158. The fourth-order valence-corrected chi connectivity index (χ4v) is 1.96. The molecule has 118 valence electrons. The van der Waals surface area contributed by atoms with Crippen molar-refractivity contribution in [1.82, 2.24) is 0 Å². The molecule has 0 aliphatic rings. The second kappa shape index (κ2) is 7.17. The smallest absolute Gasteiger partial charge is 0.294 e. The summed E-state index contributed by atoms with van der Waals surface area (Å²) >= 11 is 0. The van der Waals surface area contributed by atoms with E-state index in [4.69, 9.17) is 0 Å². The number of hydrazone groups is 1. The van der Waals surface area contributed by atoms with Gasteiger partial charge in [-0.1, -0.05) is 24.3 Å². The van der Waals surface area contributed by atoms with Gasteiger partial charge in [0.15, 0.2) is 0 Å². The Balaban J connectivity index is 2.21. The second-order valence-corrected chi connectivity index (χ2v) is 4.85. The highest BCUT2D eigenvalue weighted by atomic mass is 16.6. The minimum absolute atomic E-state index is 0.0453. The minimum atomic E-state index is -0.468. The van der Waals surface area contributed by atoms with E-state index in [-0.39, 0.29) is 11.6 Å². The number of amides is 1. The lowest BCUT2D eigenvalue weighted by Crippen LogP contribution is -2.07. The van der Waals surface area contributed by atoms with Gasteiger partial charge in [-0.25, -0.2) is 0 Å². The van der Waals surface area contributed by atoms with Crippen LogP contribution in [-0.2, 0) is 4.79 Å². The first-order valence-corrected chi connectivity index (χ1v) is 6.89. The molecule has 0 atom stereocenters. The maximum Gasteiger partial charge on any atom is 0.294 e. The molecule has 23 heavy (non-hydrogen) atoms. The van der Waals surface area contributed by atoms with Crippen molar-refractivity contribution in [3.05, 3.63) is 64.2 Å². The number of nitro benzene ring substituents is 1. The molecule has 0 aliphatic heterocycles. The van der Waals surface area contributed by atoms with E-state index in [1.807, 2.05) is 6.07 Å². The van der Waals surface area contributed by atoms with E-state index in [1.54, 1.807) is 43.3 Å². The third kappa shape index (κ3) is 4.37. The number of benzene rings is 2. The van der Waals surface area contributed by atoms with Gasteiger partial charge in [0.1, 0.15) is 5.69 Å². The van der Waals surface area contributed by atoms with E-state index < -0.39 is 4.92 Å². The molecule has 1 amide bonds. The second-order valence-electron chi connectivity index (χ2n) is 4.85. The van der Waals surface area contributed by atoms with Gasteiger partial charge in [-0.2, -0.15) is 5.10 Å². The predicted octanol–water partition coefficient (Wildman–Crippen LogP) is 3.39. The molecule has 2 N–H and O–H groups in total. The molecule has 0 fully saturated rings. The van der Waals surface area contributed by atoms with Gasteiger partial charge < -0.3 is 5.32 Å². The predicted molar refractivity (Wildman–Crippen MR) is 89.7 cm³/mol. The molecule has 2 aromatic carbocycles. The van der Waals surface area contributed by atoms with Crippen molar-refractivity contribution in [2.45, 2.75) is 13.8 Å². The number of para-hydroxylation sites is 2. The number of hydrogen-bond acceptors (Lipinski definition) is 5. The van der Waals surface area contributed by atoms with E-state index in [1.165, 1.54) is 13.0 Å². The lowest BCUT2D eigenvalue weighted by Gasteiger charge is -2.07. The van der Waals surface area contributed by atoms with Gasteiger partial charge in [0.25, 0.3) is 5.69 Å². The van der Waals surface area contributed by atoms with Crippen molar-refractivity contribution in [1.29, 1.82) is 0 Å². The first kappa shape index (κ1) is 16.2. The summed E-state index contributed by atoms with van der Waals surface area (Å²) in [5, 5.41) is 17.8. The summed E-state index contributed by atoms with van der Waals surface area (Å²) < 4.78 is 0. The lowest BCUT2D eigenvalue weighted by atomic mass is 10.1. The monoisotopic (exact) mass is 312 g/mol. The van der Waals surface area contributed by atoms with Crippen molar-refractivity contribution in [3.8, 4) is 0 Å². The molecule has 0 aliphatic carbocycles. The van der Waals surface area contributed by atoms with E-state index in [0.717, 1.165) is 5.56 Å². The molecule has 0 radical (unpaired) electrons. The lowest BCUT2D eigenvalue weighted by molar-refractivity contribution is -0.384. The molecular weight excluding hydrogens is 296 g/mol. The molecule has 0 aromatic heterocycles. The van der Waals surface area contributed by atoms with Crippen LogP contribution in [0.1, 0.15) is 19.4 Å². The molecule has 0 saturated heterocycles. The van der Waals surface area contributed by atoms with Crippen LogP contribution < -0.4 is 10.7 Å². The van der Waals surface area contributed by atoms with E-state index >= 15 is 0 Å². The van der Waals surface area contributed by atoms with Gasteiger partial charge in [-0.3, -0.25) is 20.3 Å². The third-order valence-electron chi connectivity index (χ3n) is 3.05. The van der Waals surface area contributed by atoms with Gasteiger partial charge in [-0.15, -0.1) is 0 Å². The standard InChI is InChI=1S/C16H16N4O3/c1-11(13-6-5-7-14(10-13)17-12(2)21)18-19-15-8-3-4-9-16(15)20(22)23/h3-10,19H,1-2H3,(H,17,21)/b18-11-. The van der Waals surface area contributed by atoms with Crippen molar-refractivity contribution < 1.29 is 9.72 Å². The van der Waals surface area contributed by atoms with Crippen LogP contribution in [-0.4, -0.2) is 16.5 Å². The van der Waals surface area contributed by atoms with Crippen molar-refractivity contribution in [2.24, 2.45) is 5.10 Å². The fraction of sp³-hybridized carbons (Fsp3) is 0.125. The Bertz CT molecular complexity index is 771. The van der Waals surface area contributed by atoms with Crippen LogP contribution >= 0.6 is 0 Å². The first-order valence-electron chi connectivity index (χ1n) is 6.89. The van der Waals surface area contributed by atoms with E-state index in [2.05, 4.69) is 15.8 Å². The number of nitro groups is 1. The Hall–Kier alpha value is -3.22. The van der Waals surface area contributed by atoms with Gasteiger partial charge >= 0.3 is 0 Å². The highest BCUT2D eigenvalue weighted by Crippen LogP contribution is 2.23. The molecule has 0 spiro atoms. The molecular formula is C16H16N4O3. The molecule has 0 saturated carbocycles. The van der Waals surface area contributed by atoms with Crippen molar-refractivity contribution in [3.63, 3.8) is 0 Å². The third-order valence-corrected chi connectivity index (χ3v) is 3.05. The van der Waals surface area contributed by atoms with Crippen molar-refractivity contribution in [2.75, 3.05) is 10.7 Å². The van der Waals surface area contributed by atoms with Gasteiger partial charge in [-0.05, 0) is 30.7 Å². The Morgan fingerprint density at radius 3 is 2.57 bits per heavy atom. The maximum absolute atomic E-state index is 11.1. The number of carbonyl (C=O) groups excluding carboxylic acids is 1. The van der Waals surface area contributed by atoms with Gasteiger partial charge in [0, 0.05) is 18.7 Å². The zero-order valence-corrected chi connectivity index (χ0v) is 12.7. The average Bonchev–Trinajstić information content (AvgIpc) is 2.52. The fourth-order valence-electron chi connectivity index (χ4n) is 1.96. The maximum atomic E-state index is 11.1. The normalized spacial score (nSPS) is 11.0. The summed E-state index contributed by atoms with van der Waals surface area (Å²) in [6.45, 7) is 3.21. The highest BCUT2D eigenvalue weighted by Gasteiger charge is 2.11.